The minimum absolute atomic E-state index is 0.348. The van der Waals surface area contributed by atoms with E-state index in [4.69, 9.17) is 9.47 Å². The van der Waals surface area contributed by atoms with E-state index >= 15 is 0 Å². The Balaban J connectivity index is 2.61. The van der Waals surface area contributed by atoms with Crippen LogP contribution in [0.4, 0.5) is 0 Å². The van der Waals surface area contributed by atoms with Crippen molar-refractivity contribution in [2.24, 2.45) is 0 Å². The molecule has 0 saturated carbocycles. The summed E-state index contributed by atoms with van der Waals surface area (Å²) in [5.41, 5.74) is 1.16. The quantitative estimate of drug-likeness (QED) is 0.487. The molecular formula is C19H25NO4. The van der Waals surface area contributed by atoms with E-state index in [1.807, 2.05) is 30.3 Å². The molecule has 0 N–H and O–H groups in total. The summed E-state index contributed by atoms with van der Waals surface area (Å²) in [5, 5.41) is 0. The molecule has 0 atom stereocenters. The van der Waals surface area contributed by atoms with Crippen molar-refractivity contribution in [3.63, 3.8) is 0 Å². The zero-order chi connectivity index (χ0) is 17.6. The fourth-order valence-electron chi connectivity index (χ4n) is 2.02. The standard InChI is InChI=1S/C19H25NO4/c1-3-23-18(21)12-8-14-20(15-9-13-19(22)24-4-2)16-17-10-6-5-7-11-17/h5-13H,3-4,14-16H2,1-2H3. The summed E-state index contributed by atoms with van der Waals surface area (Å²) in [7, 11) is 0. The highest BCUT2D eigenvalue weighted by atomic mass is 16.5. The van der Waals surface area contributed by atoms with Gasteiger partial charge in [-0.3, -0.25) is 4.90 Å². The lowest BCUT2D eigenvalue weighted by atomic mass is 10.2. The van der Waals surface area contributed by atoms with Crippen LogP contribution in [0.2, 0.25) is 0 Å². The Morgan fingerprint density at radius 2 is 1.42 bits per heavy atom. The summed E-state index contributed by atoms with van der Waals surface area (Å²) in [6.07, 6.45) is 6.38. The Kier molecular flexibility index (Phi) is 9.88. The molecule has 0 aromatic heterocycles. The molecule has 130 valence electrons. The Morgan fingerprint density at radius 3 is 1.88 bits per heavy atom. The first kappa shape index (κ1) is 19.6. The lowest BCUT2D eigenvalue weighted by molar-refractivity contribution is -0.138. The van der Waals surface area contributed by atoms with Gasteiger partial charge in [0.05, 0.1) is 13.2 Å². The van der Waals surface area contributed by atoms with Crippen LogP contribution in [0.3, 0.4) is 0 Å². The van der Waals surface area contributed by atoms with Crippen molar-refractivity contribution in [1.82, 2.24) is 4.90 Å². The van der Waals surface area contributed by atoms with Crippen molar-refractivity contribution < 1.29 is 19.1 Å². The van der Waals surface area contributed by atoms with E-state index in [2.05, 4.69) is 4.90 Å². The van der Waals surface area contributed by atoms with Crippen molar-refractivity contribution in [2.45, 2.75) is 20.4 Å². The maximum atomic E-state index is 11.4. The zero-order valence-electron chi connectivity index (χ0n) is 14.3. The molecule has 0 aliphatic rings. The highest BCUT2D eigenvalue weighted by Gasteiger charge is 2.04. The third kappa shape index (κ3) is 8.90. The van der Waals surface area contributed by atoms with Crippen LogP contribution < -0.4 is 0 Å². The normalized spacial score (nSPS) is 11.3. The predicted octanol–water partition coefficient (Wildman–Crippen LogP) is 2.73. The molecule has 0 aliphatic heterocycles. The SMILES string of the molecule is CCOC(=O)C=CCN(CC=CC(=O)OCC)Cc1ccccc1. The largest absolute Gasteiger partial charge is 0.463 e. The predicted molar refractivity (Wildman–Crippen MR) is 93.3 cm³/mol. The van der Waals surface area contributed by atoms with Crippen LogP contribution in [0.5, 0.6) is 0 Å². The lowest BCUT2D eigenvalue weighted by Gasteiger charge is -2.18. The van der Waals surface area contributed by atoms with Crippen molar-refractivity contribution in [2.75, 3.05) is 26.3 Å². The van der Waals surface area contributed by atoms with Crippen LogP contribution in [0, 0.1) is 0 Å². The van der Waals surface area contributed by atoms with Gasteiger partial charge in [-0.1, -0.05) is 42.5 Å². The fourth-order valence-corrected chi connectivity index (χ4v) is 2.02. The first-order valence-corrected chi connectivity index (χ1v) is 8.08. The number of carbonyl (C=O) groups excluding carboxylic acids is 2. The molecule has 1 aromatic rings. The van der Waals surface area contributed by atoms with Crippen LogP contribution >= 0.6 is 0 Å². The minimum atomic E-state index is -0.348. The number of ether oxygens (including phenoxy) is 2. The maximum absolute atomic E-state index is 11.4. The summed E-state index contributed by atoms with van der Waals surface area (Å²) in [6, 6.07) is 10.0. The number of hydrogen-bond acceptors (Lipinski definition) is 5. The van der Waals surface area contributed by atoms with E-state index in [-0.39, 0.29) is 11.9 Å². The van der Waals surface area contributed by atoms with Gasteiger partial charge in [0.1, 0.15) is 0 Å². The third-order valence-electron chi connectivity index (χ3n) is 3.06. The molecule has 24 heavy (non-hydrogen) atoms. The van der Waals surface area contributed by atoms with Crippen LogP contribution in [0.1, 0.15) is 19.4 Å². The van der Waals surface area contributed by atoms with E-state index in [9.17, 15) is 9.59 Å². The summed E-state index contributed by atoms with van der Waals surface area (Å²) < 4.78 is 9.72. The van der Waals surface area contributed by atoms with Gasteiger partial charge >= 0.3 is 11.9 Å². The molecule has 0 heterocycles. The molecule has 5 nitrogen and oxygen atoms in total. The van der Waals surface area contributed by atoms with Gasteiger partial charge in [-0.25, -0.2) is 9.59 Å². The summed E-state index contributed by atoms with van der Waals surface area (Å²) in [5.74, 6) is -0.696. The van der Waals surface area contributed by atoms with Crippen LogP contribution in [0.15, 0.2) is 54.6 Å². The molecule has 0 unspecified atom stereocenters. The zero-order valence-corrected chi connectivity index (χ0v) is 14.3. The van der Waals surface area contributed by atoms with E-state index in [1.165, 1.54) is 12.2 Å². The molecule has 0 spiro atoms. The van der Waals surface area contributed by atoms with Gasteiger partial charge in [0, 0.05) is 31.8 Å². The molecule has 1 rings (SSSR count). The first-order valence-electron chi connectivity index (χ1n) is 8.08. The van der Waals surface area contributed by atoms with Gasteiger partial charge in [-0.15, -0.1) is 0 Å². The smallest absolute Gasteiger partial charge is 0.330 e. The monoisotopic (exact) mass is 331 g/mol. The Hall–Kier alpha value is -2.40. The van der Waals surface area contributed by atoms with Gasteiger partial charge in [-0.2, -0.15) is 0 Å². The van der Waals surface area contributed by atoms with E-state index in [0.29, 0.717) is 32.8 Å². The topological polar surface area (TPSA) is 55.8 Å². The number of carbonyl (C=O) groups is 2. The molecular weight excluding hydrogens is 306 g/mol. The highest BCUT2D eigenvalue weighted by molar-refractivity contribution is 5.82. The van der Waals surface area contributed by atoms with Gasteiger partial charge < -0.3 is 9.47 Å². The lowest BCUT2D eigenvalue weighted by Crippen LogP contribution is -2.24. The molecule has 0 saturated heterocycles. The molecule has 5 heteroatoms. The summed E-state index contributed by atoms with van der Waals surface area (Å²) in [6.45, 7) is 6.11. The molecule has 1 aromatic carbocycles. The van der Waals surface area contributed by atoms with Crippen molar-refractivity contribution in [3.05, 3.63) is 60.2 Å². The Labute approximate surface area is 143 Å². The summed E-state index contributed by atoms with van der Waals surface area (Å²) >= 11 is 0. The number of benzene rings is 1. The first-order chi connectivity index (χ1) is 11.7. The highest BCUT2D eigenvalue weighted by Crippen LogP contribution is 2.05. The average Bonchev–Trinajstić information content (AvgIpc) is 2.56. The number of esters is 2. The molecule has 0 amide bonds. The van der Waals surface area contributed by atoms with E-state index in [0.717, 1.165) is 5.56 Å². The Morgan fingerprint density at radius 1 is 0.917 bits per heavy atom. The van der Waals surface area contributed by atoms with Crippen LogP contribution in [-0.4, -0.2) is 43.1 Å². The van der Waals surface area contributed by atoms with Crippen molar-refractivity contribution in [3.8, 4) is 0 Å². The third-order valence-corrected chi connectivity index (χ3v) is 3.06. The van der Waals surface area contributed by atoms with Crippen LogP contribution in [0.25, 0.3) is 0 Å². The second kappa shape index (κ2) is 12.1. The number of rotatable bonds is 10. The molecule has 0 aliphatic carbocycles. The van der Waals surface area contributed by atoms with E-state index < -0.39 is 0 Å². The second-order valence-electron chi connectivity index (χ2n) is 4.99. The number of hydrogen-bond donors (Lipinski definition) is 0. The van der Waals surface area contributed by atoms with Crippen LogP contribution in [-0.2, 0) is 25.6 Å². The average molecular weight is 331 g/mol. The van der Waals surface area contributed by atoms with Crippen molar-refractivity contribution in [1.29, 1.82) is 0 Å². The van der Waals surface area contributed by atoms with Gasteiger partial charge in [-0.05, 0) is 19.4 Å². The fraction of sp³-hybridized carbons (Fsp3) is 0.368. The van der Waals surface area contributed by atoms with Gasteiger partial charge in [0.2, 0.25) is 0 Å². The molecule has 0 bridgehead atoms. The van der Waals surface area contributed by atoms with Gasteiger partial charge in [0.25, 0.3) is 0 Å². The number of nitrogens with zero attached hydrogens (tertiary/aromatic N) is 1. The Bertz CT molecular complexity index is 522. The molecule has 0 fully saturated rings. The maximum Gasteiger partial charge on any atom is 0.330 e. The minimum Gasteiger partial charge on any atom is -0.463 e. The van der Waals surface area contributed by atoms with Gasteiger partial charge in [0.15, 0.2) is 0 Å². The molecule has 0 radical (unpaired) electrons. The second-order valence-corrected chi connectivity index (χ2v) is 4.99. The summed E-state index contributed by atoms with van der Waals surface area (Å²) in [4.78, 5) is 24.8. The van der Waals surface area contributed by atoms with E-state index in [1.54, 1.807) is 26.0 Å². The van der Waals surface area contributed by atoms with Crippen molar-refractivity contribution >= 4 is 11.9 Å².